The largest absolute Gasteiger partial charge is 0.325 e. The molecule has 0 aromatic carbocycles. The predicted octanol–water partition coefficient (Wildman–Crippen LogP) is 1.35. The third-order valence-corrected chi connectivity index (χ3v) is 3.06. The van der Waals surface area contributed by atoms with E-state index in [4.69, 9.17) is 5.73 Å². The van der Waals surface area contributed by atoms with E-state index < -0.39 is 0 Å². The van der Waals surface area contributed by atoms with Gasteiger partial charge in [-0.3, -0.25) is 9.67 Å². The number of hydrogen-bond donors (Lipinski definition) is 1. The van der Waals surface area contributed by atoms with Crippen LogP contribution < -0.4 is 5.73 Å². The molecule has 2 N–H and O–H groups in total. The molecule has 0 spiro atoms. The van der Waals surface area contributed by atoms with Gasteiger partial charge in [-0.25, -0.2) is 0 Å². The molecule has 82 valence electrons. The Morgan fingerprint density at radius 1 is 1.44 bits per heavy atom. The number of rotatable bonds is 2. The monoisotopic (exact) mass is 214 g/mol. The summed E-state index contributed by atoms with van der Waals surface area (Å²) in [5.41, 5.74) is 10.4. The third kappa shape index (κ3) is 1.34. The zero-order valence-corrected chi connectivity index (χ0v) is 9.06. The molecule has 1 aliphatic rings. The Bertz CT molecular complexity index is 501. The highest BCUT2D eigenvalue weighted by atomic mass is 15.3. The van der Waals surface area contributed by atoms with Crippen molar-refractivity contribution in [3.05, 3.63) is 35.9 Å². The van der Waals surface area contributed by atoms with Gasteiger partial charge in [0.2, 0.25) is 0 Å². The molecule has 4 nitrogen and oxygen atoms in total. The number of hydrogen-bond acceptors (Lipinski definition) is 3. The lowest BCUT2D eigenvalue weighted by Crippen LogP contribution is -2.01. The van der Waals surface area contributed by atoms with E-state index in [1.165, 1.54) is 17.7 Å². The van der Waals surface area contributed by atoms with Crippen LogP contribution >= 0.6 is 0 Å². The van der Waals surface area contributed by atoms with E-state index in [1.54, 1.807) is 6.20 Å². The van der Waals surface area contributed by atoms with Crippen molar-refractivity contribution < 1.29 is 0 Å². The number of aromatic nitrogens is 3. The molecule has 0 saturated heterocycles. The molecule has 0 unspecified atom stereocenters. The van der Waals surface area contributed by atoms with Gasteiger partial charge in [0.1, 0.15) is 0 Å². The smallest absolute Gasteiger partial charge is 0.0842 e. The van der Waals surface area contributed by atoms with Gasteiger partial charge in [0, 0.05) is 42.3 Å². The first-order valence-corrected chi connectivity index (χ1v) is 5.59. The van der Waals surface area contributed by atoms with Crippen LogP contribution in [0.5, 0.6) is 0 Å². The molecular formula is C12H14N4. The Morgan fingerprint density at radius 2 is 2.38 bits per heavy atom. The van der Waals surface area contributed by atoms with Gasteiger partial charge in [0.25, 0.3) is 0 Å². The highest BCUT2D eigenvalue weighted by Crippen LogP contribution is 2.30. The molecule has 1 aliphatic heterocycles. The zero-order valence-electron chi connectivity index (χ0n) is 9.06. The van der Waals surface area contributed by atoms with E-state index in [2.05, 4.69) is 20.8 Å². The summed E-state index contributed by atoms with van der Waals surface area (Å²) in [6, 6.07) is 4.02. The fourth-order valence-electron chi connectivity index (χ4n) is 2.37. The van der Waals surface area contributed by atoms with Crippen LogP contribution in [0.3, 0.4) is 0 Å². The van der Waals surface area contributed by atoms with Crippen molar-refractivity contribution in [1.29, 1.82) is 0 Å². The molecule has 0 saturated carbocycles. The van der Waals surface area contributed by atoms with E-state index in [0.29, 0.717) is 6.54 Å². The van der Waals surface area contributed by atoms with Crippen LogP contribution in [0.25, 0.3) is 11.1 Å². The molecule has 4 heteroatoms. The van der Waals surface area contributed by atoms with Gasteiger partial charge in [-0.15, -0.1) is 0 Å². The lowest BCUT2D eigenvalue weighted by atomic mass is 10.0. The maximum atomic E-state index is 5.75. The average molecular weight is 214 g/mol. The molecule has 0 amide bonds. The van der Waals surface area contributed by atoms with Gasteiger partial charge in [-0.05, 0) is 18.9 Å². The van der Waals surface area contributed by atoms with Crippen LogP contribution in [0.2, 0.25) is 0 Å². The lowest BCUT2D eigenvalue weighted by molar-refractivity contribution is 0.644. The van der Waals surface area contributed by atoms with Gasteiger partial charge < -0.3 is 5.73 Å². The second-order valence-corrected chi connectivity index (χ2v) is 4.04. The standard InChI is InChI=1S/C12H14N4/c13-7-10-12(9-3-1-5-14-8-9)11-4-2-6-16(11)15-10/h1,3,5,8H,2,4,6-7,13H2. The molecule has 0 radical (unpaired) electrons. The van der Waals surface area contributed by atoms with E-state index >= 15 is 0 Å². The molecule has 0 aliphatic carbocycles. The second-order valence-electron chi connectivity index (χ2n) is 4.04. The quantitative estimate of drug-likeness (QED) is 0.821. The zero-order chi connectivity index (χ0) is 11.0. The normalized spacial score (nSPS) is 14.1. The van der Waals surface area contributed by atoms with Crippen molar-refractivity contribution >= 4 is 0 Å². The molecule has 2 aromatic heterocycles. The summed E-state index contributed by atoms with van der Waals surface area (Å²) >= 11 is 0. The van der Waals surface area contributed by atoms with E-state index in [0.717, 1.165) is 24.2 Å². The maximum Gasteiger partial charge on any atom is 0.0842 e. The van der Waals surface area contributed by atoms with Crippen LogP contribution in [0, 0.1) is 0 Å². The number of nitrogens with two attached hydrogens (primary N) is 1. The maximum absolute atomic E-state index is 5.75. The van der Waals surface area contributed by atoms with Crippen molar-refractivity contribution in [2.45, 2.75) is 25.9 Å². The summed E-state index contributed by atoms with van der Waals surface area (Å²) in [6.07, 6.45) is 5.95. The molecule has 0 atom stereocenters. The fourth-order valence-corrected chi connectivity index (χ4v) is 2.37. The van der Waals surface area contributed by atoms with Crippen LogP contribution in [0.15, 0.2) is 24.5 Å². The van der Waals surface area contributed by atoms with Crippen molar-refractivity contribution in [3.63, 3.8) is 0 Å². The van der Waals surface area contributed by atoms with Crippen LogP contribution in [-0.2, 0) is 19.5 Å². The predicted molar refractivity (Wildman–Crippen MR) is 61.7 cm³/mol. The second kappa shape index (κ2) is 3.72. The van der Waals surface area contributed by atoms with Gasteiger partial charge in [-0.2, -0.15) is 5.10 Å². The number of fused-ring (bicyclic) bond motifs is 1. The van der Waals surface area contributed by atoms with Crippen molar-refractivity contribution in [2.24, 2.45) is 5.73 Å². The van der Waals surface area contributed by atoms with Crippen molar-refractivity contribution in [1.82, 2.24) is 14.8 Å². The summed E-state index contributed by atoms with van der Waals surface area (Å²) in [5.74, 6) is 0. The van der Waals surface area contributed by atoms with E-state index in [9.17, 15) is 0 Å². The Balaban J connectivity index is 2.19. The van der Waals surface area contributed by atoms with E-state index in [1.807, 2.05) is 12.3 Å². The Hall–Kier alpha value is -1.68. The molecule has 0 fully saturated rings. The SMILES string of the molecule is NCc1nn2c(c1-c1cccnc1)CCC2. The molecule has 3 heterocycles. The average Bonchev–Trinajstić information content (AvgIpc) is 2.89. The highest BCUT2D eigenvalue weighted by molar-refractivity contribution is 5.68. The topological polar surface area (TPSA) is 56.7 Å². The molecule has 2 aromatic rings. The van der Waals surface area contributed by atoms with E-state index in [-0.39, 0.29) is 0 Å². The first-order chi connectivity index (χ1) is 7.90. The fraction of sp³-hybridized carbons (Fsp3) is 0.333. The minimum atomic E-state index is 0.490. The first-order valence-electron chi connectivity index (χ1n) is 5.59. The van der Waals surface area contributed by atoms with Gasteiger partial charge in [0.15, 0.2) is 0 Å². The van der Waals surface area contributed by atoms with Crippen molar-refractivity contribution in [2.75, 3.05) is 0 Å². The van der Waals surface area contributed by atoms with Crippen LogP contribution in [0.1, 0.15) is 17.8 Å². The summed E-state index contributed by atoms with van der Waals surface area (Å²) < 4.78 is 2.09. The minimum absolute atomic E-state index is 0.490. The van der Waals surface area contributed by atoms with Gasteiger partial charge >= 0.3 is 0 Å². The first kappa shape index (κ1) is 9.54. The number of nitrogens with zero attached hydrogens (tertiary/aromatic N) is 3. The van der Waals surface area contributed by atoms with Crippen LogP contribution in [0.4, 0.5) is 0 Å². The van der Waals surface area contributed by atoms with Gasteiger partial charge in [-0.1, -0.05) is 6.07 Å². The van der Waals surface area contributed by atoms with Crippen LogP contribution in [-0.4, -0.2) is 14.8 Å². The lowest BCUT2D eigenvalue weighted by Gasteiger charge is -2.02. The Kier molecular flexibility index (Phi) is 2.22. The Morgan fingerprint density at radius 3 is 3.12 bits per heavy atom. The molecule has 16 heavy (non-hydrogen) atoms. The number of aryl methyl sites for hydroxylation is 1. The summed E-state index contributed by atoms with van der Waals surface area (Å²) in [7, 11) is 0. The van der Waals surface area contributed by atoms with Crippen molar-refractivity contribution in [3.8, 4) is 11.1 Å². The molecule has 0 bridgehead atoms. The third-order valence-electron chi connectivity index (χ3n) is 3.06. The minimum Gasteiger partial charge on any atom is -0.325 e. The highest BCUT2D eigenvalue weighted by Gasteiger charge is 2.21. The number of pyridine rings is 1. The van der Waals surface area contributed by atoms with Gasteiger partial charge in [0.05, 0.1) is 5.69 Å². The molecular weight excluding hydrogens is 200 g/mol. The Labute approximate surface area is 94.1 Å². The summed E-state index contributed by atoms with van der Waals surface area (Å²) in [4.78, 5) is 4.16. The molecule has 3 rings (SSSR count). The summed E-state index contributed by atoms with van der Waals surface area (Å²) in [6.45, 7) is 1.51. The summed E-state index contributed by atoms with van der Waals surface area (Å²) in [5, 5.41) is 4.55.